The number of nitrogens with zero attached hydrogens (tertiary/aromatic N) is 6. The summed E-state index contributed by atoms with van der Waals surface area (Å²) in [4.78, 5) is 28.5. The Bertz CT molecular complexity index is 1580. The molecule has 2 saturated heterocycles. The van der Waals surface area contributed by atoms with Gasteiger partial charge in [0.2, 0.25) is 0 Å². The van der Waals surface area contributed by atoms with Gasteiger partial charge in [-0.2, -0.15) is 4.98 Å². The zero-order valence-electron chi connectivity index (χ0n) is 23.5. The second-order valence-corrected chi connectivity index (χ2v) is 14.2. The number of imidazole rings is 1. The Labute approximate surface area is 240 Å². The molecule has 0 aromatic carbocycles. The van der Waals surface area contributed by atoms with Gasteiger partial charge in [0.05, 0.1) is 31.2 Å². The molecule has 2 aliphatic rings. The summed E-state index contributed by atoms with van der Waals surface area (Å²) in [6, 6.07) is 1.49. The number of hydrogen-bond donors (Lipinski definition) is 2. The van der Waals surface area contributed by atoms with Crippen molar-refractivity contribution in [1.82, 2.24) is 29.1 Å². The SMILES string of the molecule is CC[C@H]1O[C@@H](n2ccc(N)nc2=O)CC1OP(C)(=O)OC[C@H]1O[C@@H](n2cnc3c(N)ncnc32)C[C@@H]1OP(C)(=O)OC. The standard InChI is InChI=1S/C23H34N8O9P2/c1-5-13-14(8-18(37-13)30-7-6-17(24)29-23(30)32)40-42(4,34)36-10-16-15(39-41(3,33)35-2)9-19(38-16)31-12-28-20-21(25)26-11-27-22(20)31/h6-7,11-16,18-19H,5,8-10H2,1-4H3,(H2,24,29,32)(H2,25,26,27)/t13-,14?,15+,16-,18-,19-,41?,42?/m1/s1. The fourth-order valence-electron chi connectivity index (χ4n) is 4.98. The van der Waals surface area contributed by atoms with E-state index in [1.54, 1.807) is 4.57 Å². The Balaban J connectivity index is 1.28. The van der Waals surface area contributed by atoms with Crippen molar-refractivity contribution in [1.29, 1.82) is 0 Å². The van der Waals surface area contributed by atoms with E-state index in [4.69, 9.17) is 39.0 Å². The first-order valence-corrected chi connectivity index (χ1v) is 17.2. The summed E-state index contributed by atoms with van der Waals surface area (Å²) < 4.78 is 63.9. The summed E-state index contributed by atoms with van der Waals surface area (Å²) in [5.41, 5.74) is 11.8. The van der Waals surface area contributed by atoms with Gasteiger partial charge in [0.15, 0.2) is 11.5 Å². The number of aromatic nitrogens is 6. The van der Waals surface area contributed by atoms with Crippen molar-refractivity contribution >= 4 is 38.0 Å². The number of nitrogens with two attached hydrogens (primary N) is 2. The normalized spacial score (nSPS) is 29.0. The van der Waals surface area contributed by atoms with Crippen LogP contribution in [0.4, 0.5) is 11.6 Å². The third kappa shape index (κ3) is 6.58. The van der Waals surface area contributed by atoms with Crippen LogP contribution < -0.4 is 17.2 Å². The van der Waals surface area contributed by atoms with Crippen molar-refractivity contribution in [2.75, 3.05) is 38.5 Å². The molecule has 4 N–H and O–H groups in total. The van der Waals surface area contributed by atoms with Crippen molar-refractivity contribution in [2.24, 2.45) is 0 Å². The molecule has 230 valence electrons. The first kappa shape index (κ1) is 30.7. The molecule has 0 bridgehead atoms. The van der Waals surface area contributed by atoms with E-state index in [0.717, 1.165) is 0 Å². The number of nitrogen functional groups attached to an aromatic ring is 2. The molecule has 0 spiro atoms. The smallest absolute Gasteiger partial charge is 0.351 e. The highest BCUT2D eigenvalue weighted by Crippen LogP contribution is 2.52. The molecule has 0 radical (unpaired) electrons. The van der Waals surface area contributed by atoms with Crippen LogP contribution in [0.1, 0.15) is 38.6 Å². The highest BCUT2D eigenvalue weighted by Gasteiger charge is 2.44. The molecule has 3 aromatic rings. The summed E-state index contributed by atoms with van der Waals surface area (Å²) in [6.07, 6.45) is 1.39. The minimum atomic E-state index is -3.69. The van der Waals surface area contributed by atoms with E-state index < -0.39 is 57.8 Å². The molecule has 0 aliphatic carbocycles. The maximum atomic E-state index is 13.5. The van der Waals surface area contributed by atoms with Crippen LogP contribution in [-0.2, 0) is 36.7 Å². The van der Waals surface area contributed by atoms with Gasteiger partial charge in [-0.15, -0.1) is 0 Å². The summed E-state index contributed by atoms with van der Waals surface area (Å²) in [7, 11) is -5.83. The van der Waals surface area contributed by atoms with E-state index in [-0.39, 0.29) is 31.1 Å². The molecule has 0 amide bonds. The lowest BCUT2D eigenvalue weighted by atomic mass is 10.1. The molecule has 5 rings (SSSR count). The third-order valence-corrected chi connectivity index (χ3v) is 9.67. The first-order chi connectivity index (χ1) is 19.9. The molecule has 3 aromatic heterocycles. The van der Waals surface area contributed by atoms with Crippen molar-refractivity contribution in [3.63, 3.8) is 0 Å². The second kappa shape index (κ2) is 12.1. The number of rotatable bonds is 11. The molecular weight excluding hydrogens is 594 g/mol. The van der Waals surface area contributed by atoms with E-state index in [1.165, 1.54) is 49.9 Å². The maximum absolute atomic E-state index is 13.5. The molecule has 0 saturated carbocycles. The lowest BCUT2D eigenvalue weighted by molar-refractivity contribution is -0.0417. The minimum absolute atomic E-state index is 0.0998. The van der Waals surface area contributed by atoms with Crippen molar-refractivity contribution in [2.45, 2.75) is 63.1 Å². The number of hydrogen-bond acceptors (Lipinski definition) is 15. The van der Waals surface area contributed by atoms with Gasteiger partial charge in [0, 0.05) is 39.5 Å². The van der Waals surface area contributed by atoms with Crippen LogP contribution in [0.3, 0.4) is 0 Å². The van der Waals surface area contributed by atoms with E-state index in [2.05, 4.69) is 19.9 Å². The van der Waals surface area contributed by atoms with Crippen LogP contribution in [0.5, 0.6) is 0 Å². The van der Waals surface area contributed by atoms with Gasteiger partial charge in [-0.3, -0.25) is 18.3 Å². The van der Waals surface area contributed by atoms with Crippen LogP contribution in [0, 0.1) is 0 Å². The Hall–Kier alpha value is -2.75. The number of fused-ring (bicyclic) bond motifs is 1. The van der Waals surface area contributed by atoms with Crippen LogP contribution in [-0.4, -0.2) is 80.5 Å². The van der Waals surface area contributed by atoms with Crippen LogP contribution >= 0.6 is 15.2 Å². The van der Waals surface area contributed by atoms with Crippen molar-refractivity contribution < 1.29 is 36.7 Å². The Morgan fingerprint density at radius 1 is 1.00 bits per heavy atom. The van der Waals surface area contributed by atoms with Gasteiger partial charge < -0.3 is 39.0 Å². The second-order valence-electron chi connectivity index (χ2n) is 10.1. The highest BCUT2D eigenvalue weighted by atomic mass is 31.2. The minimum Gasteiger partial charge on any atom is -0.383 e. The molecule has 19 heteroatoms. The molecule has 2 fully saturated rings. The molecule has 2 aliphatic heterocycles. The summed E-state index contributed by atoms with van der Waals surface area (Å²) in [5.74, 6) is 0.315. The predicted molar refractivity (Wildman–Crippen MR) is 150 cm³/mol. The van der Waals surface area contributed by atoms with E-state index in [9.17, 15) is 13.9 Å². The van der Waals surface area contributed by atoms with E-state index in [0.29, 0.717) is 17.6 Å². The average molecular weight is 629 g/mol. The van der Waals surface area contributed by atoms with Gasteiger partial charge in [-0.1, -0.05) is 6.92 Å². The molecule has 17 nitrogen and oxygen atoms in total. The quantitative estimate of drug-likeness (QED) is 0.291. The monoisotopic (exact) mass is 628 g/mol. The Kier molecular flexibility index (Phi) is 8.84. The largest absolute Gasteiger partial charge is 0.383 e. The summed E-state index contributed by atoms with van der Waals surface area (Å²) >= 11 is 0. The average Bonchev–Trinajstić information content (AvgIpc) is 3.64. The van der Waals surface area contributed by atoms with Gasteiger partial charge in [0.1, 0.15) is 36.2 Å². The Morgan fingerprint density at radius 2 is 1.67 bits per heavy atom. The van der Waals surface area contributed by atoms with Crippen molar-refractivity contribution in [3.8, 4) is 0 Å². The molecular formula is C23H34N8O9P2. The van der Waals surface area contributed by atoms with Crippen molar-refractivity contribution in [3.05, 3.63) is 35.4 Å². The zero-order chi connectivity index (χ0) is 30.2. The summed E-state index contributed by atoms with van der Waals surface area (Å²) in [5, 5.41) is 0. The summed E-state index contributed by atoms with van der Waals surface area (Å²) in [6.45, 7) is 4.36. The third-order valence-electron chi connectivity index (χ3n) is 7.08. The van der Waals surface area contributed by atoms with Crippen LogP contribution in [0.25, 0.3) is 11.2 Å². The topological polar surface area (TPSA) is 220 Å². The van der Waals surface area contributed by atoms with Gasteiger partial charge >= 0.3 is 20.9 Å². The number of anilines is 2. The molecule has 42 heavy (non-hydrogen) atoms. The first-order valence-electron chi connectivity index (χ1n) is 13.2. The fraction of sp³-hybridized carbons (Fsp3) is 0.609. The zero-order valence-corrected chi connectivity index (χ0v) is 25.3. The molecule has 8 atom stereocenters. The number of ether oxygens (including phenoxy) is 2. The van der Waals surface area contributed by atoms with Gasteiger partial charge in [-0.05, 0) is 12.5 Å². The van der Waals surface area contributed by atoms with Gasteiger partial charge in [-0.25, -0.2) is 19.7 Å². The molecule has 5 heterocycles. The predicted octanol–water partition coefficient (Wildman–Crippen LogP) is 2.31. The lowest BCUT2D eigenvalue weighted by Crippen LogP contribution is -2.29. The Morgan fingerprint density at radius 3 is 2.36 bits per heavy atom. The van der Waals surface area contributed by atoms with E-state index in [1.807, 2.05) is 6.92 Å². The van der Waals surface area contributed by atoms with E-state index >= 15 is 0 Å². The van der Waals surface area contributed by atoms with Crippen LogP contribution in [0.2, 0.25) is 0 Å². The molecule has 3 unspecified atom stereocenters. The lowest BCUT2D eigenvalue weighted by Gasteiger charge is -2.25. The fourth-order valence-corrected chi connectivity index (χ4v) is 6.97. The highest BCUT2D eigenvalue weighted by molar-refractivity contribution is 7.53. The maximum Gasteiger partial charge on any atom is 0.351 e. The van der Waals surface area contributed by atoms with Gasteiger partial charge in [0.25, 0.3) is 0 Å². The van der Waals surface area contributed by atoms with Crippen LogP contribution in [0.15, 0.2) is 29.7 Å².